The SMILES string of the molecule is C[C@@H](CNC(=O)CN(c1ccc(C(C)(C)C)cc1)S(C)(=O)=O)c1ccccc1. The Labute approximate surface area is 168 Å². The first-order valence-electron chi connectivity index (χ1n) is 9.38. The molecule has 1 amide bonds. The molecule has 2 aromatic carbocycles. The van der Waals surface area contributed by atoms with Crippen LogP contribution in [0.5, 0.6) is 0 Å². The van der Waals surface area contributed by atoms with Gasteiger partial charge in [0.2, 0.25) is 15.9 Å². The highest BCUT2D eigenvalue weighted by atomic mass is 32.2. The molecule has 1 N–H and O–H groups in total. The van der Waals surface area contributed by atoms with Crippen molar-refractivity contribution in [3.63, 3.8) is 0 Å². The summed E-state index contributed by atoms with van der Waals surface area (Å²) in [6, 6.07) is 17.2. The maximum absolute atomic E-state index is 12.4. The summed E-state index contributed by atoms with van der Waals surface area (Å²) in [6.45, 7) is 8.51. The van der Waals surface area contributed by atoms with Gasteiger partial charge < -0.3 is 5.32 Å². The van der Waals surface area contributed by atoms with E-state index in [0.717, 1.165) is 21.7 Å². The van der Waals surface area contributed by atoms with Crippen LogP contribution < -0.4 is 9.62 Å². The van der Waals surface area contributed by atoms with Gasteiger partial charge in [0.25, 0.3) is 0 Å². The number of rotatable bonds is 7. The number of benzene rings is 2. The van der Waals surface area contributed by atoms with Crippen molar-refractivity contribution < 1.29 is 13.2 Å². The van der Waals surface area contributed by atoms with Crippen LogP contribution >= 0.6 is 0 Å². The van der Waals surface area contributed by atoms with Gasteiger partial charge in [-0.2, -0.15) is 0 Å². The van der Waals surface area contributed by atoms with Gasteiger partial charge in [-0.1, -0.05) is 70.2 Å². The van der Waals surface area contributed by atoms with Crippen molar-refractivity contribution in [1.82, 2.24) is 5.32 Å². The maximum atomic E-state index is 12.4. The quantitative estimate of drug-likeness (QED) is 0.768. The van der Waals surface area contributed by atoms with Crippen molar-refractivity contribution in [3.8, 4) is 0 Å². The molecule has 0 bridgehead atoms. The molecule has 2 rings (SSSR count). The van der Waals surface area contributed by atoms with Crippen LogP contribution in [0.4, 0.5) is 5.69 Å². The minimum absolute atomic E-state index is 0.0284. The molecule has 0 fully saturated rings. The van der Waals surface area contributed by atoms with Crippen molar-refractivity contribution in [2.45, 2.75) is 39.0 Å². The third kappa shape index (κ3) is 6.09. The van der Waals surface area contributed by atoms with Gasteiger partial charge in [-0.3, -0.25) is 9.10 Å². The Morgan fingerprint density at radius 3 is 2.11 bits per heavy atom. The van der Waals surface area contributed by atoms with Crippen LogP contribution in [-0.2, 0) is 20.2 Å². The molecule has 0 heterocycles. The van der Waals surface area contributed by atoms with Gasteiger partial charge in [0.15, 0.2) is 0 Å². The molecule has 0 saturated heterocycles. The Balaban J connectivity index is 2.07. The number of hydrogen-bond donors (Lipinski definition) is 1. The molecule has 0 radical (unpaired) electrons. The summed E-state index contributed by atoms with van der Waals surface area (Å²) in [5.41, 5.74) is 2.69. The molecule has 0 aliphatic carbocycles. The lowest BCUT2D eigenvalue weighted by Crippen LogP contribution is -2.41. The first-order chi connectivity index (χ1) is 13.0. The van der Waals surface area contributed by atoms with E-state index in [-0.39, 0.29) is 23.8 Å². The first kappa shape index (κ1) is 22.0. The van der Waals surface area contributed by atoms with E-state index in [0.29, 0.717) is 12.2 Å². The van der Waals surface area contributed by atoms with E-state index in [2.05, 4.69) is 26.1 Å². The number of carbonyl (C=O) groups excluding carboxylic acids is 1. The maximum Gasteiger partial charge on any atom is 0.240 e. The van der Waals surface area contributed by atoms with Gasteiger partial charge in [0, 0.05) is 6.54 Å². The zero-order chi connectivity index (χ0) is 20.9. The largest absolute Gasteiger partial charge is 0.354 e. The fourth-order valence-corrected chi connectivity index (χ4v) is 3.74. The van der Waals surface area contributed by atoms with Crippen molar-refractivity contribution >= 4 is 21.6 Å². The topological polar surface area (TPSA) is 66.5 Å². The molecule has 1 atom stereocenters. The lowest BCUT2D eigenvalue weighted by Gasteiger charge is -2.24. The fourth-order valence-electron chi connectivity index (χ4n) is 2.88. The van der Waals surface area contributed by atoms with Gasteiger partial charge in [0.05, 0.1) is 11.9 Å². The van der Waals surface area contributed by atoms with Crippen LogP contribution in [0.3, 0.4) is 0 Å². The van der Waals surface area contributed by atoms with Gasteiger partial charge in [-0.25, -0.2) is 8.42 Å². The molecule has 6 heteroatoms. The normalized spacial score (nSPS) is 13.0. The van der Waals surface area contributed by atoms with Crippen molar-refractivity contribution in [2.24, 2.45) is 0 Å². The summed E-state index contributed by atoms with van der Waals surface area (Å²) in [5, 5.41) is 2.84. The molecule has 0 saturated carbocycles. The number of amides is 1. The zero-order valence-electron chi connectivity index (χ0n) is 17.3. The Bertz CT molecular complexity index is 886. The summed E-state index contributed by atoms with van der Waals surface area (Å²) in [7, 11) is -3.58. The van der Waals surface area contributed by atoms with E-state index >= 15 is 0 Å². The molecule has 28 heavy (non-hydrogen) atoms. The monoisotopic (exact) mass is 402 g/mol. The van der Waals surface area contributed by atoms with Gasteiger partial charge in [-0.05, 0) is 34.6 Å². The number of hydrogen-bond acceptors (Lipinski definition) is 3. The van der Waals surface area contributed by atoms with Crippen LogP contribution in [0.1, 0.15) is 44.7 Å². The Hall–Kier alpha value is -2.34. The highest BCUT2D eigenvalue weighted by Crippen LogP contribution is 2.25. The van der Waals surface area contributed by atoms with Crippen molar-refractivity contribution in [3.05, 3.63) is 65.7 Å². The lowest BCUT2D eigenvalue weighted by atomic mass is 9.87. The summed E-state index contributed by atoms with van der Waals surface area (Å²) in [4.78, 5) is 12.4. The third-order valence-corrected chi connectivity index (χ3v) is 5.82. The van der Waals surface area contributed by atoms with Gasteiger partial charge in [-0.15, -0.1) is 0 Å². The van der Waals surface area contributed by atoms with Gasteiger partial charge in [0.1, 0.15) is 6.54 Å². The number of nitrogens with one attached hydrogen (secondary N) is 1. The second kappa shape index (κ2) is 8.78. The highest BCUT2D eigenvalue weighted by molar-refractivity contribution is 7.92. The molecule has 0 aliphatic heterocycles. The highest BCUT2D eigenvalue weighted by Gasteiger charge is 2.22. The lowest BCUT2D eigenvalue weighted by molar-refractivity contribution is -0.119. The third-order valence-electron chi connectivity index (χ3n) is 4.68. The second-order valence-electron chi connectivity index (χ2n) is 8.18. The van der Waals surface area contributed by atoms with Crippen LogP contribution in [0.2, 0.25) is 0 Å². The summed E-state index contributed by atoms with van der Waals surface area (Å²) < 4.78 is 25.7. The minimum atomic E-state index is -3.58. The molecular formula is C22H30N2O3S. The number of sulfonamides is 1. The van der Waals surface area contributed by atoms with Crippen molar-refractivity contribution in [1.29, 1.82) is 0 Å². The van der Waals surface area contributed by atoms with E-state index in [9.17, 15) is 13.2 Å². The summed E-state index contributed by atoms with van der Waals surface area (Å²) in [6.07, 6.45) is 1.12. The predicted octanol–water partition coefficient (Wildman–Crippen LogP) is 3.67. The van der Waals surface area contributed by atoms with E-state index < -0.39 is 10.0 Å². The molecular weight excluding hydrogens is 372 g/mol. The minimum Gasteiger partial charge on any atom is -0.354 e. The molecule has 0 aromatic heterocycles. The molecule has 0 unspecified atom stereocenters. The van der Waals surface area contributed by atoms with Crippen LogP contribution in [0, 0.1) is 0 Å². The molecule has 152 valence electrons. The average Bonchev–Trinajstić information content (AvgIpc) is 2.63. The van der Waals surface area contributed by atoms with Crippen molar-refractivity contribution in [2.75, 3.05) is 23.7 Å². The number of anilines is 1. The molecule has 0 aliphatic rings. The van der Waals surface area contributed by atoms with Crippen LogP contribution in [0.15, 0.2) is 54.6 Å². The molecule has 0 spiro atoms. The Kier molecular flexibility index (Phi) is 6.88. The van der Waals surface area contributed by atoms with E-state index in [1.165, 1.54) is 0 Å². The number of nitrogens with zero attached hydrogens (tertiary/aromatic N) is 1. The molecule has 5 nitrogen and oxygen atoms in total. The molecule has 2 aromatic rings. The van der Waals surface area contributed by atoms with Crippen LogP contribution in [-0.4, -0.2) is 33.7 Å². The second-order valence-corrected chi connectivity index (χ2v) is 10.1. The first-order valence-corrected chi connectivity index (χ1v) is 11.2. The summed E-state index contributed by atoms with van der Waals surface area (Å²) in [5.74, 6) is -0.184. The smallest absolute Gasteiger partial charge is 0.240 e. The van der Waals surface area contributed by atoms with Crippen LogP contribution in [0.25, 0.3) is 0 Å². The van der Waals surface area contributed by atoms with E-state index in [4.69, 9.17) is 0 Å². The Morgan fingerprint density at radius 2 is 1.61 bits per heavy atom. The predicted molar refractivity (Wildman–Crippen MR) is 115 cm³/mol. The average molecular weight is 403 g/mol. The van der Waals surface area contributed by atoms with E-state index in [1.54, 1.807) is 12.1 Å². The summed E-state index contributed by atoms with van der Waals surface area (Å²) >= 11 is 0. The Morgan fingerprint density at radius 1 is 1.04 bits per heavy atom. The zero-order valence-corrected chi connectivity index (χ0v) is 18.1. The van der Waals surface area contributed by atoms with Gasteiger partial charge >= 0.3 is 0 Å². The van der Waals surface area contributed by atoms with E-state index in [1.807, 2.05) is 49.4 Å². The number of carbonyl (C=O) groups is 1. The fraction of sp³-hybridized carbons (Fsp3) is 0.409. The standard InChI is InChI=1S/C22H30N2O3S/c1-17(18-9-7-6-8-10-18)15-23-21(25)16-24(28(5,26)27)20-13-11-19(12-14-20)22(2,3)4/h6-14,17H,15-16H2,1-5H3,(H,23,25)/t17-/m0/s1.